The quantitative estimate of drug-likeness (QED) is 0.521. The summed E-state index contributed by atoms with van der Waals surface area (Å²) in [6.45, 7) is 8.45. The fourth-order valence-corrected chi connectivity index (χ4v) is 2.89. The minimum atomic E-state index is -0.360. The van der Waals surface area contributed by atoms with E-state index >= 15 is 0 Å². The van der Waals surface area contributed by atoms with Crippen molar-refractivity contribution in [3.63, 3.8) is 0 Å². The van der Waals surface area contributed by atoms with Crippen LogP contribution in [0.15, 0.2) is 23.8 Å². The third-order valence-corrected chi connectivity index (χ3v) is 4.10. The maximum absolute atomic E-state index is 11.2. The van der Waals surface area contributed by atoms with Gasteiger partial charge in [0.2, 0.25) is 0 Å². The molecule has 0 aliphatic carbocycles. The van der Waals surface area contributed by atoms with Crippen molar-refractivity contribution < 1.29 is 4.92 Å². The molecule has 1 aromatic rings. The van der Waals surface area contributed by atoms with Gasteiger partial charge in [-0.05, 0) is 26.8 Å². The number of fused-ring (bicyclic) bond motifs is 1. The summed E-state index contributed by atoms with van der Waals surface area (Å²) in [5, 5.41) is 14.9. The minimum Gasteiger partial charge on any atom is -0.378 e. The van der Waals surface area contributed by atoms with Crippen LogP contribution in [0.3, 0.4) is 0 Å². The monoisotopic (exact) mass is 309 g/mol. The first-order chi connectivity index (χ1) is 9.91. The molecule has 1 unspecified atom stereocenters. The molecule has 1 heterocycles. The number of allylic oxidation sites excluding steroid dienone is 1. The molecule has 0 saturated heterocycles. The number of nitrogens with zero attached hydrogens (tertiary/aromatic N) is 2. The van der Waals surface area contributed by atoms with E-state index in [2.05, 4.69) is 30.1 Å². The molecule has 1 atom stereocenters. The van der Waals surface area contributed by atoms with Crippen LogP contribution in [0.4, 0.5) is 11.4 Å². The Balaban J connectivity index is 2.44. The number of hydrogen-bond acceptors (Lipinski definition) is 4. The van der Waals surface area contributed by atoms with Crippen molar-refractivity contribution in [2.24, 2.45) is 0 Å². The first kappa shape index (κ1) is 15.8. The van der Waals surface area contributed by atoms with Crippen LogP contribution >= 0.6 is 11.6 Å². The highest BCUT2D eigenvalue weighted by Gasteiger charge is 2.29. The molecular weight excluding hydrogens is 290 g/mol. The Morgan fingerprint density at radius 1 is 1.57 bits per heavy atom. The Morgan fingerprint density at radius 3 is 2.90 bits per heavy atom. The van der Waals surface area contributed by atoms with E-state index < -0.39 is 0 Å². The molecule has 0 bridgehead atoms. The number of hydrogen-bond donors (Lipinski definition) is 1. The van der Waals surface area contributed by atoms with Crippen molar-refractivity contribution in [2.45, 2.75) is 26.8 Å². The van der Waals surface area contributed by atoms with E-state index in [9.17, 15) is 10.1 Å². The molecule has 0 saturated carbocycles. The van der Waals surface area contributed by atoms with Gasteiger partial charge in [0.15, 0.2) is 0 Å². The van der Waals surface area contributed by atoms with E-state index in [1.54, 1.807) is 6.07 Å². The van der Waals surface area contributed by atoms with Crippen molar-refractivity contribution in [3.8, 4) is 0 Å². The second kappa shape index (κ2) is 6.45. The lowest BCUT2D eigenvalue weighted by Gasteiger charge is -2.26. The molecule has 0 fully saturated rings. The minimum absolute atomic E-state index is 0.0259. The second-order valence-electron chi connectivity index (χ2n) is 5.49. The van der Waals surface area contributed by atoms with E-state index in [0.29, 0.717) is 17.3 Å². The van der Waals surface area contributed by atoms with Gasteiger partial charge in [0.05, 0.1) is 4.92 Å². The van der Waals surface area contributed by atoms with E-state index in [0.717, 1.165) is 18.7 Å². The van der Waals surface area contributed by atoms with Crippen molar-refractivity contribution in [1.82, 2.24) is 4.90 Å². The molecule has 1 aliphatic rings. The highest BCUT2D eigenvalue weighted by Crippen LogP contribution is 2.40. The van der Waals surface area contributed by atoms with Gasteiger partial charge in [-0.1, -0.05) is 23.3 Å². The number of nitrogens with one attached hydrogen (secondary N) is 1. The average molecular weight is 310 g/mol. The van der Waals surface area contributed by atoms with Crippen molar-refractivity contribution in [3.05, 3.63) is 44.5 Å². The van der Waals surface area contributed by atoms with E-state index in [-0.39, 0.29) is 16.7 Å². The molecule has 5 nitrogen and oxygen atoms in total. The zero-order valence-electron chi connectivity index (χ0n) is 12.5. The highest BCUT2D eigenvalue weighted by atomic mass is 35.5. The maximum Gasteiger partial charge on any atom is 0.292 e. The van der Waals surface area contributed by atoms with Gasteiger partial charge in [-0.25, -0.2) is 0 Å². The van der Waals surface area contributed by atoms with Crippen LogP contribution in [0.5, 0.6) is 0 Å². The summed E-state index contributed by atoms with van der Waals surface area (Å²) < 4.78 is 0. The summed E-state index contributed by atoms with van der Waals surface area (Å²) >= 11 is 6.31. The van der Waals surface area contributed by atoms with Crippen LogP contribution in [0.2, 0.25) is 5.02 Å². The van der Waals surface area contributed by atoms with Crippen molar-refractivity contribution >= 4 is 23.0 Å². The summed E-state index contributed by atoms with van der Waals surface area (Å²) in [6.07, 6.45) is 2.16. The number of benzene rings is 1. The zero-order valence-corrected chi connectivity index (χ0v) is 13.3. The Labute approximate surface area is 129 Å². The predicted octanol–water partition coefficient (Wildman–Crippen LogP) is 4.00. The maximum atomic E-state index is 11.2. The van der Waals surface area contributed by atoms with Crippen LogP contribution in [0.1, 0.15) is 32.4 Å². The van der Waals surface area contributed by atoms with Crippen LogP contribution in [-0.2, 0) is 0 Å². The van der Waals surface area contributed by atoms with Gasteiger partial charge in [0, 0.05) is 42.3 Å². The molecule has 0 aromatic heterocycles. The van der Waals surface area contributed by atoms with E-state index in [1.165, 1.54) is 11.6 Å². The number of anilines is 1. The topological polar surface area (TPSA) is 58.4 Å². The van der Waals surface area contributed by atoms with Crippen LogP contribution in [0, 0.1) is 10.1 Å². The van der Waals surface area contributed by atoms with Gasteiger partial charge >= 0.3 is 0 Å². The Morgan fingerprint density at radius 2 is 2.29 bits per heavy atom. The van der Waals surface area contributed by atoms with Crippen molar-refractivity contribution in [2.75, 3.05) is 25.0 Å². The molecule has 0 amide bonds. The van der Waals surface area contributed by atoms with Crippen LogP contribution in [-0.4, -0.2) is 29.5 Å². The molecule has 1 aromatic carbocycles. The van der Waals surface area contributed by atoms with Gasteiger partial charge in [0.25, 0.3) is 5.69 Å². The van der Waals surface area contributed by atoms with Gasteiger partial charge in [-0.15, -0.1) is 0 Å². The number of nitro benzene ring substituents is 1. The normalized spacial score (nSPS) is 18.4. The molecule has 6 heteroatoms. The van der Waals surface area contributed by atoms with Crippen molar-refractivity contribution in [1.29, 1.82) is 0 Å². The number of halogens is 1. The van der Waals surface area contributed by atoms with Gasteiger partial charge in [0.1, 0.15) is 5.69 Å². The first-order valence-electron chi connectivity index (χ1n) is 7.00. The van der Waals surface area contributed by atoms with Gasteiger partial charge in [-0.2, -0.15) is 0 Å². The molecule has 0 spiro atoms. The lowest BCUT2D eigenvalue weighted by molar-refractivity contribution is -0.384. The summed E-state index contributed by atoms with van der Waals surface area (Å²) in [4.78, 5) is 13.1. The summed E-state index contributed by atoms with van der Waals surface area (Å²) in [7, 11) is 0. The third-order valence-electron chi connectivity index (χ3n) is 3.77. The van der Waals surface area contributed by atoms with Gasteiger partial charge in [-0.3, -0.25) is 15.0 Å². The Bertz CT molecular complexity index is 583. The molecule has 0 radical (unpaired) electrons. The summed E-state index contributed by atoms with van der Waals surface area (Å²) in [6, 6.07) is 3.10. The Hall–Kier alpha value is -1.59. The standard InChI is InChI=1S/C15H20ClN3O2/c1-10(2)6-8-18-9-7-17-15-13(19(20)21)5-4-12(16)14(15)11(18)3/h4-6,11,17H,7-9H2,1-3H3. The van der Waals surface area contributed by atoms with Gasteiger partial charge < -0.3 is 5.32 Å². The smallest absolute Gasteiger partial charge is 0.292 e. The SMILES string of the molecule is CC(C)=CCN1CCNc2c([N+](=O)[O-])ccc(Cl)c2C1C. The lowest BCUT2D eigenvalue weighted by Crippen LogP contribution is -2.29. The number of rotatable bonds is 3. The lowest BCUT2D eigenvalue weighted by atomic mass is 10.0. The number of nitro groups is 1. The molecule has 21 heavy (non-hydrogen) atoms. The first-order valence-corrected chi connectivity index (χ1v) is 7.37. The molecule has 1 N–H and O–H groups in total. The largest absolute Gasteiger partial charge is 0.378 e. The summed E-state index contributed by atoms with van der Waals surface area (Å²) in [5.74, 6) is 0. The second-order valence-corrected chi connectivity index (χ2v) is 5.90. The zero-order chi connectivity index (χ0) is 15.6. The van der Waals surface area contributed by atoms with Crippen LogP contribution in [0.25, 0.3) is 0 Å². The predicted molar refractivity (Wildman–Crippen MR) is 86.0 cm³/mol. The third kappa shape index (κ3) is 3.36. The average Bonchev–Trinajstić information content (AvgIpc) is 2.56. The molecule has 114 valence electrons. The fraction of sp³-hybridized carbons (Fsp3) is 0.467. The van der Waals surface area contributed by atoms with E-state index in [4.69, 9.17) is 11.6 Å². The van der Waals surface area contributed by atoms with E-state index in [1.807, 2.05) is 6.92 Å². The Kier molecular flexibility index (Phi) is 4.85. The van der Waals surface area contributed by atoms with Crippen LogP contribution < -0.4 is 5.32 Å². The fourth-order valence-electron chi connectivity index (χ4n) is 2.58. The molecule has 2 rings (SSSR count). The molecular formula is C15H20ClN3O2. The highest BCUT2D eigenvalue weighted by molar-refractivity contribution is 6.32. The molecule has 1 aliphatic heterocycles. The summed E-state index contributed by atoms with van der Waals surface area (Å²) in [5.41, 5.74) is 2.71.